The first-order valence-electron chi connectivity index (χ1n) is 5.43. The molecule has 0 atom stereocenters. The van der Waals surface area contributed by atoms with Gasteiger partial charge < -0.3 is 4.57 Å². The Morgan fingerprint density at radius 1 is 1.21 bits per heavy atom. The molecule has 0 radical (unpaired) electrons. The quantitative estimate of drug-likeness (QED) is 0.819. The molecule has 0 fully saturated rings. The number of nitriles is 2. The molecule has 0 amide bonds. The van der Waals surface area contributed by atoms with Gasteiger partial charge >= 0.3 is 0 Å². The fourth-order valence-corrected chi connectivity index (χ4v) is 1.75. The number of hydrogen-bond acceptors (Lipinski definition) is 3. The van der Waals surface area contributed by atoms with Gasteiger partial charge in [0.2, 0.25) is 0 Å². The second kappa shape index (κ2) is 5.16. The Morgan fingerprint density at radius 3 is 2.68 bits per heavy atom. The molecule has 1 aromatic carbocycles. The summed E-state index contributed by atoms with van der Waals surface area (Å²) in [6, 6.07) is 10.5. The molecule has 0 spiro atoms. The fraction of sp³-hybridized carbons (Fsp3) is 0.0714. The number of aromatic nitrogens is 1. The van der Waals surface area contributed by atoms with Crippen molar-refractivity contribution < 1.29 is 4.39 Å². The fourth-order valence-electron chi connectivity index (χ4n) is 1.75. The minimum Gasteiger partial charge on any atom is -0.310 e. The summed E-state index contributed by atoms with van der Waals surface area (Å²) in [7, 11) is 0. The van der Waals surface area contributed by atoms with Crippen LogP contribution in [0.15, 0.2) is 41.3 Å². The van der Waals surface area contributed by atoms with E-state index in [4.69, 9.17) is 10.5 Å². The molecule has 19 heavy (non-hydrogen) atoms. The van der Waals surface area contributed by atoms with Crippen LogP contribution in [0.1, 0.15) is 16.7 Å². The van der Waals surface area contributed by atoms with Crippen LogP contribution in [0.25, 0.3) is 0 Å². The Kier molecular flexibility index (Phi) is 3.40. The summed E-state index contributed by atoms with van der Waals surface area (Å²) in [5.74, 6) is -0.529. The largest absolute Gasteiger partial charge is 0.310 e. The highest BCUT2D eigenvalue weighted by molar-refractivity contribution is 5.34. The second-order valence-corrected chi connectivity index (χ2v) is 3.93. The maximum absolute atomic E-state index is 13.3. The minimum absolute atomic E-state index is 0.0272. The van der Waals surface area contributed by atoms with Crippen molar-refractivity contribution in [3.05, 3.63) is 69.4 Å². The first-order valence-corrected chi connectivity index (χ1v) is 5.43. The Hall–Kier alpha value is -2.92. The maximum Gasteiger partial charge on any atom is 0.268 e. The highest BCUT2D eigenvalue weighted by atomic mass is 19.1. The summed E-state index contributed by atoms with van der Waals surface area (Å²) in [6.45, 7) is 0.112. The van der Waals surface area contributed by atoms with Gasteiger partial charge in [0.1, 0.15) is 17.4 Å². The molecule has 4 nitrogen and oxygen atoms in total. The SMILES string of the molecule is N#Cc1cc(F)cc(Cn2cccc(C#N)c2=O)c1. The molecule has 0 aliphatic rings. The van der Waals surface area contributed by atoms with E-state index < -0.39 is 11.4 Å². The van der Waals surface area contributed by atoms with Crippen molar-refractivity contribution in [1.82, 2.24) is 4.57 Å². The van der Waals surface area contributed by atoms with Crippen LogP contribution in [0.3, 0.4) is 0 Å². The summed E-state index contributed by atoms with van der Waals surface area (Å²) in [5.41, 5.74) is 0.278. The molecule has 2 aromatic rings. The van der Waals surface area contributed by atoms with Crippen molar-refractivity contribution in [3.63, 3.8) is 0 Å². The van der Waals surface area contributed by atoms with Crippen LogP contribution in [-0.2, 0) is 6.54 Å². The number of benzene rings is 1. The molecule has 0 bridgehead atoms. The van der Waals surface area contributed by atoms with Crippen molar-refractivity contribution in [2.75, 3.05) is 0 Å². The summed E-state index contributed by atoms with van der Waals surface area (Å²) in [5, 5.41) is 17.5. The average Bonchev–Trinajstić information content (AvgIpc) is 2.40. The lowest BCUT2D eigenvalue weighted by atomic mass is 10.1. The van der Waals surface area contributed by atoms with E-state index in [9.17, 15) is 9.18 Å². The lowest BCUT2D eigenvalue weighted by Gasteiger charge is -2.06. The van der Waals surface area contributed by atoms with Crippen molar-refractivity contribution in [2.24, 2.45) is 0 Å². The summed E-state index contributed by atoms with van der Waals surface area (Å²) >= 11 is 0. The third-order valence-electron chi connectivity index (χ3n) is 2.58. The molecule has 0 saturated heterocycles. The van der Waals surface area contributed by atoms with E-state index in [2.05, 4.69) is 0 Å². The lowest BCUT2D eigenvalue weighted by molar-refractivity contribution is 0.622. The number of nitrogens with zero attached hydrogens (tertiary/aromatic N) is 3. The lowest BCUT2D eigenvalue weighted by Crippen LogP contribution is -2.22. The maximum atomic E-state index is 13.3. The van der Waals surface area contributed by atoms with Crippen LogP contribution in [0.2, 0.25) is 0 Å². The third-order valence-corrected chi connectivity index (χ3v) is 2.58. The Bertz CT molecular complexity index is 765. The van der Waals surface area contributed by atoms with Gasteiger partial charge in [-0.2, -0.15) is 10.5 Å². The van der Waals surface area contributed by atoms with E-state index in [1.807, 2.05) is 6.07 Å². The monoisotopic (exact) mass is 253 g/mol. The standard InChI is InChI=1S/C14H8FN3O/c15-13-5-10(7-16)4-11(6-13)9-18-3-1-2-12(8-17)14(18)19/h1-6H,9H2. The number of halogens is 1. The molecule has 0 aliphatic heterocycles. The molecular weight excluding hydrogens is 245 g/mol. The van der Waals surface area contributed by atoms with Gasteiger partial charge in [0.15, 0.2) is 0 Å². The highest BCUT2D eigenvalue weighted by Crippen LogP contribution is 2.09. The van der Waals surface area contributed by atoms with Gasteiger partial charge in [0.25, 0.3) is 5.56 Å². The zero-order chi connectivity index (χ0) is 13.8. The summed E-state index contributed by atoms with van der Waals surface area (Å²) in [6.07, 6.45) is 1.51. The Labute approximate surface area is 108 Å². The number of pyridine rings is 1. The summed E-state index contributed by atoms with van der Waals surface area (Å²) in [4.78, 5) is 11.8. The highest BCUT2D eigenvalue weighted by Gasteiger charge is 2.05. The van der Waals surface area contributed by atoms with Crippen molar-refractivity contribution in [1.29, 1.82) is 10.5 Å². The summed E-state index contributed by atoms with van der Waals surface area (Å²) < 4.78 is 14.6. The molecule has 0 N–H and O–H groups in total. The van der Waals surface area contributed by atoms with E-state index >= 15 is 0 Å². The van der Waals surface area contributed by atoms with Gasteiger partial charge in [0.05, 0.1) is 18.2 Å². The Balaban J connectivity index is 2.43. The molecule has 0 saturated carbocycles. The van der Waals surface area contributed by atoms with Gasteiger partial charge in [-0.1, -0.05) is 0 Å². The van der Waals surface area contributed by atoms with E-state index in [1.54, 1.807) is 12.1 Å². The van der Waals surface area contributed by atoms with E-state index in [-0.39, 0.29) is 17.7 Å². The molecule has 2 rings (SSSR count). The van der Waals surface area contributed by atoms with Crippen molar-refractivity contribution >= 4 is 0 Å². The van der Waals surface area contributed by atoms with Gasteiger partial charge in [-0.05, 0) is 35.9 Å². The van der Waals surface area contributed by atoms with Gasteiger partial charge in [-0.25, -0.2) is 4.39 Å². The average molecular weight is 253 g/mol. The minimum atomic E-state index is -0.529. The normalized spacial score (nSPS) is 9.63. The van der Waals surface area contributed by atoms with Crippen LogP contribution >= 0.6 is 0 Å². The molecule has 5 heteroatoms. The van der Waals surface area contributed by atoms with E-state index in [0.29, 0.717) is 5.56 Å². The molecule has 0 aliphatic carbocycles. The second-order valence-electron chi connectivity index (χ2n) is 3.93. The van der Waals surface area contributed by atoms with E-state index in [0.717, 1.165) is 6.07 Å². The predicted molar refractivity (Wildman–Crippen MR) is 65.6 cm³/mol. The van der Waals surface area contributed by atoms with Crippen LogP contribution < -0.4 is 5.56 Å². The first-order chi connectivity index (χ1) is 9.13. The first kappa shape index (κ1) is 12.5. The van der Waals surface area contributed by atoms with Gasteiger partial charge in [-0.15, -0.1) is 0 Å². The molecular formula is C14H8FN3O. The molecule has 1 heterocycles. The zero-order valence-electron chi connectivity index (χ0n) is 9.80. The van der Waals surface area contributed by atoms with Crippen LogP contribution in [0, 0.1) is 28.5 Å². The van der Waals surface area contributed by atoms with Gasteiger partial charge in [-0.3, -0.25) is 4.79 Å². The molecule has 0 unspecified atom stereocenters. The zero-order valence-corrected chi connectivity index (χ0v) is 9.80. The van der Waals surface area contributed by atoms with Crippen molar-refractivity contribution in [3.8, 4) is 12.1 Å². The van der Waals surface area contributed by atoms with Crippen LogP contribution in [0.4, 0.5) is 4.39 Å². The molecule has 92 valence electrons. The Morgan fingerprint density at radius 2 is 2.00 bits per heavy atom. The smallest absolute Gasteiger partial charge is 0.268 e. The number of hydrogen-bond donors (Lipinski definition) is 0. The van der Waals surface area contributed by atoms with E-state index in [1.165, 1.54) is 29.0 Å². The van der Waals surface area contributed by atoms with Crippen molar-refractivity contribution in [2.45, 2.75) is 6.54 Å². The van der Waals surface area contributed by atoms with Crippen LogP contribution in [-0.4, -0.2) is 4.57 Å². The number of rotatable bonds is 2. The van der Waals surface area contributed by atoms with Gasteiger partial charge in [0, 0.05) is 6.20 Å². The topological polar surface area (TPSA) is 69.6 Å². The van der Waals surface area contributed by atoms with Crippen LogP contribution in [0.5, 0.6) is 0 Å². The third kappa shape index (κ3) is 2.67. The molecule has 1 aromatic heterocycles. The predicted octanol–water partition coefficient (Wildman–Crippen LogP) is 1.78.